The van der Waals surface area contributed by atoms with Crippen molar-refractivity contribution in [3.8, 4) is 0 Å². The average molecular weight is 427 g/mol. The van der Waals surface area contributed by atoms with Crippen LogP contribution in [-0.4, -0.2) is 29.6 Å². The van der Waals surface area contributed by atoms with E-state index in [1.54, 1.807) is 18.3 Å². The second-order valence-electron chi connectivity index (χ2n) is 6.81. The van der Waals surface area contributed by atoms with Crippen LogP contribution in [-0.2, 0) is 11.6 Å². The van der Waals surface area contributed by atoms with E-state index in [-0.39, 0.29) is 10.9 Å². The summed E-state index contributed by atoms with van der Waals surface area (Å²) in [5.41, 5.74) is 0.106. The van der Waals surface area contributed by atoms with E-state index in [9.17, 15) is 13.2 Å². The van der Waals surface area contributed by atoms with Crippen molar-refractivity contribution in [2.24, 2.45) is 0 Å². The Morgan fingerprint density at radius 3 is 2.43 bits per heavy atom. The van der Waals surface area contributed by atoms with E-state index in [1.165, 1.54) is 12.1 Å². The monoisotopic (exact) mass is 426 g/mol. The van der Waals surface area contributed by atoms with Gasteiger partial charge in [-0.05, 0) is 36.4 Å². The van der Waals surface area contributed by atoms with E-state index in [0.717, 1.165) is 11.8 Å². The van der Waals surface area contributed by atoms with Gasteiger partial charge in [-0.2, -0.15) is 13.2 Å². The molecule has 9 heteroatoms. The maximum absolute atomic E-state index is 13.3. The van der Waals surface area contributed by atoms with Crippen LogP contribution in [0.15, 0.2) is 42.6 Å². The number of aromatic nitrogens is 2. The predicted octanol–water partition coefficient (Wildman–Crippen LogP) is 4.91. The van der Waals surface area contributed by atoms with Gasteiger partial charge in [0.1, 0.15) is 5.69 Å². The molecule has 0 atom stereocenters. The third-order valence-electron chi connectivity index (χ3n) is 4.88. The Balaban J connectivity index is 1.70. The zero-order valence-corrected chi connectivity index (χ0v) is 16.0. The number of fused-ring (bicyclic) bond motifs is 1. The fourth-order valence-electron chi connectivity index (χ4n) is 3.27. The number of hydrogen-bond donors (Lipinski definition) is 2. The van der Waals surface area contributed by atoms with Gasteiger partial charge in [-0.3, -0.25) is 4.98 Å². The molecule has 2 aromatic heterocycles. The number of nitrogens with one attached hydrogen (secondary N) is 2. The van der Waals surface area contributed by atoms with Crippen LogP contribution in [0.2, 0.25) is 10.0 Å². The Morgan fingerprint density at radius 1 is 1.07 bits per heavy atom. The SMILES string of the molecule is FC(F)(F)c1cc(NCC2(c3ccc(Cl)cn3)CNC2)c2cc(Cl)ccc2n1. The van der Waals surface area contributed by atoms with Crippen molar-refractivity contribution in [2.75, 3.05) is 25.0 Å². The van der Waals surface area contributed by atoms with Crippen LogP contribution in [0.1, 0.15) is 11.4 Å². The van der Waals surface area contributed by atoms with Crippen molar-refractivity contribution in [3.05, 3.63) is 64.0 Å². The van der Waals surface area contributed by atoms with Crippen LogP contribution in [0.3, 0.4) is 0 Å². The molecular formula is C19H15Cl2F3N4. The van der Waals surface area contributed by atoms with Crippen LogP contribution in [0.5, 0.6) is 0 Å². The lowest BCUT2D eigenvalue weighted by Crippen LogP contribution is -2.60. The van der Waals surface area contributed by atoms with Crippen molar-refractivity contribution in [3.63, 3.8) is 0 Å². The molecule has 0 spiro atoms. The summed E-state index contributed by atoms with van der Waals surface area (Å²) in [5, 5.41) is 7.87. The van der Waals surface area contributed by atoms with Crippen LogP contribution >= 0.6 is 23.2 Å². The summed E-state index contributed by atoms with van der Waals surface area (Å²) in [4.78, 5) is 8.12. The molecule has 3 heterocycles. The molecule has 28 heavy (non-hydrogen) atoms. The topological polar surface area (TPSA) is 49.8 Å². The maximum Gasteiger partial charge on any atom is 0.433 e. The van der Waals surface area contributed by atoms with Gasteiger partial charge < -0.3 is 10.6 Å². The summed E-state index contributed by atoms with van der Waals surface area (Å²) in [7, 11) is 0. The summed E-state index contributed by atoms with van der Waals surface area (Å²) < 4.78 is 39.8. The number of halogens is 5. The van der Waals surface area contributed by atoms with E-state index in [1.807, 2.05) is 6.07 Å². The van der Waals surface area contributed by atoms with Crippen LogP contribution in [0.4, 0.5) is 18.9 Å². The largest absolute Gasteiger partial charge is 0.433 e. The Hall–Kier alpha value is -2.09. The molecule has 0 radical (unpaired) electrons. The quantitative estimate of drug-likeness (QED) is 0.622. The summed E-state index contributed by atoms with van der Waals surface area (Å²) in [6, 6.07) is 9.24. The van der Waals surface area contributed by atoms with Crippen molar-refractivity contribution >= 4 is 39.8 Å². The van der Waals surface area contributed by atoms with Crippen LogP contribution in [0.25, 0.3) is 10.9 Å². The number of nitrogens with zero attached hydrogens (tertiary/aromatic N) is 2. The van der Waals surface area contributed by atoms with Crippen molar-refractivity contribution in [1.82, 2.24) is 15.3 Å². The summed E-state index contributed by atoms with van der Waals surface area (Å²) >= 11 is 12.0. The van der Waals surface area contributed by atoms with E-state index in [4.69, 9.17) is 23.2 Å². The molecule has 0 amide bonds. The van der Waals surface area contributed by atoms with Gasteiger partial charge in [0.15, 0.2) is 0 Å². The zero-order valence-electron chi connectivity index (χ0n) is 14.4. The highest BCUT2D eigenvalue weighted by Gasteiger charge is 2.40. The molecule has 1 fully saturated rings. The normalized spacial score (nSPS) is 16.0. The summed E-state index contributed by atoms with van der Waals surface area (Å²) in [5.74, 6) is 0. The summed E-state index contributed by atoms with van der Waals surface area (Å²) in [6.45, 7) is 1.71. The third-order valence-corrected chi connectivity index (χ3v) is 5.33. The molecule has 4 rings (SSSR count). The molecule has 1 saturated heterocycles. The Labute approximate surface area is 169 Å². The smallest absolute Gasteiger partial charge is 0.383 e. The second kappa shape index (κ2) is 7.06. The maximum atomic E-state index is 13.3. The fourth-order valence-corrected chi connectivity index (χ4v) is 3.55. The van der Waals surface area contributed by atoms with Gasteiger partial charge in [0.2, 0.25) is 0 Å². The molecule has 0 unspecified atom stereocenters. The first-order valence-electron chi connectivity index (χ1n) is 8.51. The molecule has 1 aromatic carbocycles. The molecule has 0 bridgehead atoms. The molecule has 1 aliphatic rings. The molecule has 0 aliphatic carbocycles. The van der Waals surface area contributed by atoms with Gasteiger partial charge in [0, 0.05) is 41.9 Å². The first-order chi connectivity index (χ1) is 13.3. The molecular weight excluding hydrogens is 412 g/mol. The molecule has 1 aliphatic heterocycles. The third kappa shape index (κ3) is 3.62. The van der Waals surface area contributed by atoms with Gasteiger partial charge in [-0.25, -0.2) is 4.98 Å². The van der Waals surface area contributed by atoms with E-state index >= 15 is 0 Å². The fraction of sp³-hybridized carbons (Fsp3) is 0.263. The highest BCUT2D eigenvalue weighted by molar-refractivity contribution is 6.31. The van der Waals surface area contributed by atoms with Crippen LogP contribution < -0.4 is 10.6 Å². The molecule has 3 aromatic rings. The molecule has 2 N–H and O–H groups in total. The van der Waals surface area contributed by atoms with Gasteiger partial charge >= 0.3 is 6.18 Å². The van der Waals surface area contributed by atoms with Crippen LogP contribution in [0, 0.1) is 0 Å². The lowest BCUT2D eigenvalue weighted by Gasteiger charge is -2.42. The van der Waals surface area contributed by atoms with Gasteiger partial charge in [0.05, 0.1) is 21.6 Å². The van der Waals surface area contributed by atoms with Gasteiger partial charge in [-0.1, -0.05) is 23.2 Å². The second-order valence-corrected chi connectivity index (χ2v) is 7.69. The van der Waals surface area contributed by atoms with E-state index in [0.29, 0.717) is 40.8 Å². The number of benzene rings is 1. The highest BCUT2D eigenvalue weighted by Crippen LogP contribution is 2.35. The van der Waals surface area contributed by atoms with E-state index < -0.39 is 11.9 Å². The number of alkyl halides is 3. The minimum absolute atomic E-state index is 0.229. The Morgan fingerprint density at radius 2 is 1.82 bits per heavy atom. The molecule has 4 nitrogen and oxygen atoms in total. The van der Waals surface area contributed by atoms with E-state index in [2.05, 4.69) is 20.6 Å². The predicted molar refractivity (Wildman–Crippen MR) is 104 cm³/mol. The van der Waals surface area contributed by atoms with Crippen molar-refractivity contribution in [1.29, 1.82) is 0 Å². The molecule has 0 saturated carbocycles. The number of hydrogen-bond acceptors (Lipinski definition) is 4. The van der Waals surface area contributed by atoms with Gasteiger partial charge in [0.25, 0.3) is 0 Å². The Kier molecular flexibility index (Phi) is 4.85. The summed E-state index contributed by atoms with van der Waals surface area (Å²) in [6.07, 6.45) is -2.97. The Bertz CT molecular complexity index is 1020. The lowest BCUT2D eigenvalue weighted by molar-refractivity contribution is -0.140. The minimum Gasteiger partial charge on any atom is -0.383 e. The number of rotatable bonds is 4. The zero-order chi connectivity index (χ0) is 19.9. The lowest BCUT2D eigenvalue weighted by atomic mass is 9.78. The minimum atomic E-state index is -4.54. The van der Waals surface area contributed by atoms with Crippen molar-refractivity contribution < 1.29 is 13.2 Å². The molecule has 146 valence electrons. The van der Waals surface area contributed by atoms with Gasteiger partial charge in [-0.15, -0.1) is 0 Å². The number of anilines is 1. The standard InChI is InChI=1S/C19H15Cl2F3N4/c20-11-1-3-14-13(5-11)15(6-17(28-14)19(22,23)24)27-10-18(8-25-9-18)16-4-2-12(21)7-26-16/h1-7,25H,8-10H2,(H,27,28). The highest BCUT2D eigenvalue weighted by atomic mass is 35.5. The first-order valence-corrected chi connectivity index (χ1v) is 9.27. The van der Waals surface area contributed by atoms with Crippen molar-refractivity contribution in [2.45, 2.75) is 11.6 Å². The average Bonchev–Trinajstić information content (AvgIpc) is 2.61. The first kappa shape index (κ1) is 19.2. The number of pyridine rings is 2.